The number of hydrogen-bond acceptors (Lipinski definition) is 0. The van der Waals surface area contributed by atoms with Gasteiger partial charge in [-0.05, 0) is 0 Å². The van der Waals surface area contributed by atoms with E-state index in [1.807, 2.05) is 10.4 Å². The summed E-state index contributed by atoms with van der Waals surface area (Å²) in [6, 6.07) is 18.4. The minimum absolute atomic E-state index is 0. The smallest absolute Gasteiger partial charge is 1.00 e. The topological polar surface area (TPSA) is 0 Å². The minimum atomic E-state index is -1.17. The van der Waals surface area contributed by atoms with Gasteiger partial charge in [-0.1, -0.05) is 0 Å². The quantitative estimate of drug-likeness (QED) is 0.496. The van der Waals surface area contributed by atoms with Gasteiger partial charge in [-0.2, -0.15) is 0 Å². The second-order valence-corrected chi connectivity index (χ2v) is 19.0. The van der Waals surface area contributed by atoms with Crippen molar-refractivity contribution in [1.82, 2.24) is 0 Å². The van der Waals surface area contributed by atoms with Crippen LogP contribution in [-0.2, 0) is 23.2 Å². The van der Waals surface area contributed by atoms with Gasteiger partial charge in [0.2, 0.25) is 0 Å². The number of halogens is 2. The summed E-state index contributed by atoms with van der Waals surface area (Å²) in [5.74, 6) is 0.638. The Kier molecular flexibility index (Phi) is 7.16. The molecular weight excluding hydrogens is 503 g/mol. The molecule has 4 heteroatoms. The second-order valence-electron chi connectivity index (χ2n) is 9.63. The van der Waals surface area contributed by atoms with E-state index in [2.05, 4.69) is 87.6 Å². The SMILES string of the molecule is CC[C](C)(CCC1C=Cc2ccccc21)[Zr+2][CH]1C2=C(c3ccccc31)[Si]2(C)C.[Cl-].[Cl-]. The van der Waals surface area contributed by atoms with Crippen molar-refractivity contribution in [2.75, 3.05) is 0 Å². The summed E-state index contributed by atoms with van der Waals surface area (Å²) in [6.07, 6.45) is 8.85. The zero-order chi connectivity index (χ0) is 19.5. The van der Waals surface area contributed by atoms with Gasteiger partial charge < -0.3 is 24.8 Å². The van der Waals surface area contributed by atoms with Crippen molar-refractivity contribution in [3.8, 4) is 0 Å². The molecule has 30 heavy (non-hydrogen) atoms. The molecule has 0 amide bonds. The van der Waals surface area contributed by atoms with Gasteiger partial charge in [-0.25, -0.2) is 0 Å². The summed E-state index contributed by atoms with van der Waals surface area (Å²) in [6.45, 7) is 10.2. The maximum atomic E-state index is 2.63. The van der Waals surface area contributed by atoms with Crippen molar-refractivity contribution in [2.45, 2.75) is 58.9 Å². The number of fused-ring (bicyclic) bond motifs is 3. The van der Waals surface area contributed by atoms with Crippen LogP contribution in [0.5, 0.6) is 0 Å². The van der Waals surface area contributed by atoms with Gasteiger partial charge in [0.05, 0.1) is 0 Å². The van der Waals surface area contributed by atoms with Gasteiger partial charge in [0.1, 0.15) is 0 Å². The molecule has 3 aliphatic rings. The summed E-state index contributed by atoms with van der Waals surface area (Å²) in [7, 11) is -1.17. The van der Waals surface area contributed by atoms with Crippen molar-refractivity contribution in [3.05, 3.63) is 82.1 Å². The molecule has 0 saturated heterocycles. The van der Waals surface area contributed by atoms with E-state index < -0.39 is 31.3 Å². The summed E-state index contributed by atoms with van der Waals surface area (Å²) in [4.78, 5) is 0. The molecule has 0 saturated carbocycles. The van der Waals surface area contributed by atoms with Crippen molar-refractivity contribution >= 4 is 19.3 Å². The van der Waals surface area contributed by atoms with Crippen LogP contribution >= 0.6 is 0 Å². The predicted molar refractivity (Wildman–Crippen MR) is 120 cm³/mol. The summed E-state index contributed by atoms with van der Waals surface area (Å²) < 4.78 is 1.45. The van der Waals surface area contributed by atoms with Crippen molar-refractivity contribution in [2.24, 2.45) is 0 Å². The Balaban J connectivity index is 0.00000128. The zero-order valence-electron chi connectivity index (χ0n) is 18.3. The Morgan fingerprint density at radius 1 is 0.967 bits per heavy atom. The van der Waals surface area contributed by atoms with Crippen LogP contribution in [0.3, 0.4) is 0 Å². The molecular formula is C26H30Cl2SiZr. The molecule has 0 aromatic heterocycles. The van der Waals surface area contributed by atoms with Gasteiger partial charge >= 0.3 is 184 Å². The van der Waals surface area contributed by atoms with Crippen LogP contribution in [0.4, 0.5) is 0 Å². The Morgan fingerprint density at radius 2 is 1.63 bits per heavy atom. The third-order valence-corrected chi connectivity index (χ3v) is 17.0. The Labute approximate surface area is 207 Å². The van der Waals surface area contributed by atoms with E-state index in [0.29, 0.717) is 9.04 Å². The van der Waals surface area contributed by atoms with Crippen molar-refractivity contribution < 1.29 is 48.0 Å². The first-order chi connectivity index (χ1) is 13.4. The third-order valence-electron chi connectivity index (χ3n) is 7.52. The normalized spacial score (nSPS) is 23.3. The summed E-state index contributed by atoms with van der Waals surface area (Å²) >= 11 is -0.589. The maximum Gasteiger partial charge on any atom is -1.00 e. The van der Waals surface area contributed by atoms with Gasteiger partial charge in [0.15, 0.2) is 0 Å². The molecule has 156 valence electrons. The molecule has 5 rings (SSSR count). The molecule has 2 aliphatic carbocycles. The van der Waals surface area contributed by atoms with Gasteiger partial charge in [-0.3, -0.25) is 0 Å². The largest absolute Gasteiger partial charge is 1.00 e. The van der Waals surface area contributed by atoms with E-state index in [-0.39, 0.29) is 24.8 Å². The van der Waals surface area contributed by atoms with Crippen molar-refractivity contribution in [3.63, 3.8) is 0 Å². The fourth-order valence-corrected chi connectivity index (χ4v) is 17.4. The Hall–Kier alpha value is -0.400. The second kappa shape index (κ2) is 8.86. The van der Waals surface area contributed by atoms with Crippen LogP contribution in [0.2, 0.25) is 16.2 Å². The monoisotopic (exact) mass is 530 g/mol. The molecule has 0 spiro atoms. The van der Waals surface area contributed by atoms with Crippen LogP contribution in [0.1, 0.15) is 64.9 Å². The first kappa shape index (κ1) is 24.2. The zero-order valence-corrected chi connectivity index (χ0v) is 23.3. The van der Waals surface area contributed by atoms with E-state index in [9.17, 15) is 0 Å². The molecule has 3 unspecified atom stereocenters. The number of rotatable bonds is 6. The van der Waals surface area contributed by atoms with Gasteiger partial charge in [-0.15, -0.1) is 0 Å². The molecule has 0 fully saturated rings. The fraction of sp³-hybridized carbons (Fsp3) is 0.385. The van der Waals surface area contributed by atoms with E-state index in [0.717, 1.165) is 3.63 Å². The van der Waals surface area contributed by atoms with E-state index >= 15 is 0 Å². The molecule has 0 bridgehead atoms. The van der Waals surface area contributed by atoms with E-state index in [1.165, 1.54) is 24.8 Å². The maximum absolute atomic E-state index is 2.63. The van der Waals surface area contributed by atoms with Crippen LogP contribution in [0.25, 0.3) is 11.3 Å². The van der Waals surface area contributed by atoms with Gasteiger partial charge in [0.25, 0.3) is 0 Å². The number of hydrogen-bond donors (Lipinski definition) is 0. The van der Waals surface area contributed by atoms with Crippen molar-refractivity contribution in [1.29, 1.82) is 0 Å². The van der Waals surface area contributed by atoms with Gasteiger partial charge in [0, 0.05) is 0 Å². The average molecular weight is 533 g/mol. The predicted octanol–water partition coefficient (Wildman–Crippen LogP) is 1.57. The molecule has 2 aromatic rings. The molecule has 2 aromatic carbocycles. The molecule has 1 heterocycles. The van der Waals surface area contributed by atoms with Crippen LogP contribution in [0, 0.1) is 0 Å². The summed E-state index contributed by atoms with van der Waals surface area (Å²) in [5.41, 5.74) is 6.34. The van der Waals surface area contributed by atoms with E-state index in [4.69, 9.17) is 0 Å². The third kappa shape index (κ3) is 3.92. The standard InChI is InChI=1S/C15H19.C11H11Si.2ClH.Zr/c1-3-12(2)8-9-14-11-10-13-6-4-5-7-15(13)14;1-12(2)10-7-8-5-3-4-6-9(8)11(10)12;;;/h4-7,10-11,14H,3,8-9H2,1-2H3;3-7H,1-2H3;2*1H;/q;;;;+2/p-2. The van der Waals surface area contributed by atoms with E-state index in [1.54, 1.807) is 16.7 Å². The first-order valence-corrected chi connectivity index (χ1v) is 16.5. The molecule has 0 N–H and O–H groups in total. The fourth-order valence-electron chi connectivity index (χ4n) is 5.52. The van der Waals surface area contributed by atoms with Crippen LogP contribution in [-0.4, -0.2) is 8.07 Å². The number of allylic oxidation sites excluding steroid dienone is 2. The average Bonchev–Trinajstić information content (AvgIpc) is 3.01. The molecule has 1 aliphatic heterocycles. The Bertz CT molecular complexity index is 1010. The van der Waals surface area contributed by atoms with Crippen LogP contribution < -0.4 is 24.8 Å². The first-order valence-electron chi connectivity index (χ1n) is 10.8. The Morgan fingerprint density at radius 3 is 2.37 bits per heavy atom. The molecule has 3 atom stereocenters. The molecule has 0 nitrogen and oxygen atoms in total. The van der Waals surface area contributed by atoms with Crippen LogP contribution in [0.15, 0.2) is 59.8 Å². The summed E-state index contributed by atoms with van der Waals surface area (Å²) in [5, 5.41) is 3.78. The number of benzene rings is 2. The minimum Gasteiger partial charge on any atom is -1.00 e. The molecule has 0 radical (unpaired) electrons.